The van der Waals surface area contributed by atoms with Gasteiger partial charge >= 0.3 is 0 Å². The van der Waals surface area contributed by atoms with Crippen LogP contribution in [0.3, 0.4) is 0 Å². The topological polar surface area (TPSA) is 17.1 Å². The zero-order chi connectivity index (χ0) is 14.0. The van der Waals surface area contributed by atoms with Crippen LogP contribution in [0, 0.1) is 0 Å². The maximum absolute atomic E-state index is 11.7. The number of ketones is 1. The second-order valence-electron chi connectivity index (χ2n) is 5.77. The summed E-state index contributed by atoms with van der Waals surface area (Å²) in [4.78, 5) is 13.7. The molecular formula is C17H20OS. The second-order valence-corrected chi connectivity index (χ2v) is 6.85. The van der Waals surface area contributed by atoms with Gasteiger partial charge in [-0.05, 0) is 28.7 Å². The number of rotatable bonds is 3. The molecule has 1 aromatic carbocycles. The van der Waals surface area contributed by atoms with Crippen LogP contribution in [0.1, 0.15) is 49.4 Å². The summed E-state index contributed by atoms with van der Waals surface area (Å²) in [6.07, 6.45) is 0.572. The molecule has 0 saturated heterocycles. The predicted octanol–water partition coefficient (Wildman–Crippen LogP) is 5.31. The number of thiophene rings is 1. The molecule has 19 heavy (non-hydrogen) atoms. The molecule has 0 aliphatic heterocycles. The molecule has 0 spiro atoms. The van der Waals surface area contributed by atoms with Gasteiger partial charge in [0, 0.05) is 11.3 Å². The number of benzene rings is 1. The fraction of sp³-hybridized carbons (Fsp3) is 0.353. The standard InChI is InChI=1S/C17H20OS/c1-5-14(18)16-11-10-15(19-16)12-6-8-13(9-7-12)17(2,3)4/h6-11H,5H2,1-4H3. The van der Waals surface area contributed by atoms with Crippen LogP contribution in [0.25, 0.3) is 10.4 Å². The van der Waals surface area contributed by atoms with Gasteiger partial charge in [-0.2, -0.15) is 0 Å². The largest absolute Gasteiger partial charge is 0.293 e. The van der Waals surface area contributed by atoms with Gasteiger partial charge < -0.3 is 0 Å². The van der Waals surface area contributed by atoms with Gasteiger partial charge in [-0.1, -0.05) is 52.0 Å². The van der Waals surface area contributed by atoms with E-state index < -0.39 is 0 Å². The van der Waals surface area contributed by atoms with Gasteiger partial charge in [0.2, 0.25) is 0 Å². The van der Waals surface area contributed by atoms with E-state index in [1.165, 1.54) is 11.1 Å². The Hall–Kier alpha value is -1.41. The minimum Gasteiger partial charge on any atom is -0.293 e. The summed E-state index contributed by atoms with van der Waals surface area (Å²) in [6.45, 7) is 8.54. The molecule has 0 bridgehead atoms. The van der Waals surface area contributed by atoms with Crippen molar-refractivity contribution in [3.8, 4) is 10.4 Å². The average molecular weight is 272 g/mol. The van der Waals surface area contributed by atoms with Gasteiger partial charge in [0.25, 0.3) is 0 Å². The molecule has 0 unspecified atom stereocenters. The molecule has 0 radical (unpaired) electrons. The van der Waals surface area contributed by atoms with Gasteiger partial charge in [-0.3, -0.25) is 4.79 Å². The lowest BCUT2D eigenvalue weighted by Gasteiger charge is -2.18. The lowest BCUT2D eigenvalue weighted by Crippen LogP contribution is -2.10. The maximum Gasteiger partial charge on any atom is 0.172 e. The normalized spacial score (nSPS) is 11.6. The molecule has 1 aromatic heterocycles. The minimum absolute atomic E-state index is 0.178. The molecule has 1 heterocycles. The first-order valence-electron chi connectivity index (χ1n) is 6.66. The molecule has 1 nitrogen and oxygen atoms in total. The van der Waals surface area contributed by atoms with Gasteiger partial charge in [-0.15, -0.1) is 11.3 Å². The molecule has 2 rings (SSSR count). The molecule has 0 fully saturated rings. The van der Waals surface area contributed by atoms with Gasteiger partial charge in [0.1, 0.15) is 0 Å². The van der Waals surface area contributed by atoms with Crippen molar-refractivity contribution < 1.29 is 4.79 Å². The van der Waals surface area contributed by atoms with E-state index in [4.69, 9.17) is 0 Å². The molecule has 0 amide bonds. The van der Waals surface area contributed by atoms with Crippen LogP contribution >= 0.6 is 11.3 Å². The first kappa shape index (κ1) is 14.0. The van der Waals surface area contributed by atoms with Crippen molar-refractivity contribution in [1.82, 2.24) is 0 Å². The highest BCUT2D eigenvalue weighted by atomic mass is 32.1. The van der Waals surface area contributed by atoms with Crippen molar-refractivity contribution in [2.24, 2.45) is 0 Å². The summed E-state index contributed by atoms with van der Waals surface area (Å²) in [5.74, 6) is 0.225. The lowest BCUT2D eigenvalue weighted by molar-refractivity contribution is 0.0992. The Morgan fingerprint density at radius 1 is 1.05 bits per heavy atom. The molecule has 0 saturated carbocycles. The van der Waals surface area contributed by atoms with Crippen molar-refractivity contribution in [2.45, 2.75) is 39.5 Å². The molecule has 0 N–H and O–H groups in total. The number of hydrogen-bond acceptors (Lipinski definition) is 2. The number of hydrogen-bond donors (Lipinski definition) is 0. The van der Waals surface area contributed by atoms with E-state index in [0.717, 1.165) is 9.75 Å². The van der Waals surface area contributed by atoms with Gasteiger partial charge in [0.05, 0.1) is 4.88 Å². The van der Waals surface area contributed by atoms with E-state index in [0.29, 0.717) is 6.42 Å². The van der Waals surface area contributed by atoms with Crippen LogP contribution < -0.4 is 0 Å². The third kappa shape index (κ3) is 3.13. The van der Waals surface area contributed by atoms with Gasteiger partial charge in [-0.25, -0.2) is 0 Å². The monoisotopic (exact) mass is 272 g/mol. The summed E-state index contributed by atoms with van der Waals surface area (Å²) < 4.78 is 0. The number of Topliss-reactive ketones (excluding diaryl/α,β-unsaturated/α-hetero) is 1. The van der Waals surface area contributed by atoms with E-state index in [9.17, 15) is 4.79 Å². The lowest BCUT2D eigenvalue weighted by atomic mass is 9.86. The Morgan fingerprint density at radius 3 is 2.21 bits per heavy atom. The second kappa shape index (κ2) is 5.30. The van der Waals surface area contributed by atoms with E-state index in [1.54, 1.807) is 11.3 Å². The molecule has 2 heteroatoms. The summed E-state index contributed by atoms with van der Waals surface area (Å²) in [5.41, 5.74) is 2.70. The highest BCUT2D eigenvalue weighted by Gasteiger charge is 2.14. The maximum atomic E-state index is 11.7. The van der Waals surface area contributed by atoms with Gasteiger partial charge in [0.15, 0.2) is 5.78 Å². The molecule has 2 aromatic rings. The third-order valence-corrected chi connectivity index (χ3v) is 4.41. The number of carbonyl (C=O) groups is 1. The van der Waals surface area contributed by atoms with E-state index in [-0.39, 0.29) is 11.2 Å². The van der Waals surface area contributed by atoms with E-state index in [2.05, 4.69) is 45.0 Å². The summed E-state index contributed by atoms with van der Waals surface area (Å²) in [7, 11) is 0. The quantitative estimate of drug-likeness (QED) is 0.692. The fourth-order valence-corrected chi connectivity index (χ4v) is 2.97. The smallest absolute Gasteiger partial charge is 0.172 e. The zero-order valence-electron chi connectivity index (χ0n) is 12.0. The van der Waals surface area contributed by atoms with Crippen LogP contribution in [-0.4, -0.2) is 5.78 Å². The summed E-state index contributed by atoms with van der Waals surface area (Å²) in [5, 5.41) is 0. The highest BCUT2D eigenvalue weighted by molar-refractivity contribution is 7.17. The predicted molar refractivity (Wildman–Crippen MR) is 83.1 cm³/mol. The molecule has 0 atom stereocenters. The Bertz CT molecular complexity index is 570. The van der Waals surface area contributed by atoms with Crippen LogP contribution in [-0.2, 0) is 5.41 Å². The zero-order valence-corrected chi connectivity index (χ0v) is 12.8. The Balaban J connectivity index is 2.28. The van der Waals surface area contributed by atoms with Crippen molar-refractivity contribution in [2.75, 3.05) is 0 Å². The first-order valence-corrected chi connectivity index (χ1v) is 7.47. The van der Waals surface area contributed by atoms with Crippen molar-refractivity contribution in [1.29, 1.82) is 0 Å². The molecule has 0 aliphatic carbocycles. The Labute approximate surface area is 119 Å². The van der Waals surface area contributed by atoms with Crippen LogP contribution in [0.4, 0.5) is 0 Å². The molecular weight excluding hydrogens is 252 g/mol. The van der Waals surface area contributed by atoms with Crippen molar-refractivity contribution >= 4 is 17.1 Å². The van der Waals surface area contributed by atoms with Crippen LogP contribution in [0.5, 0.6) is 0 Å². The number of carbonyl (C=O) groups excluding carboxylic acids is 1. The van der Waals surface area contributed by atoms with E-state index in [1.807, 2.05) is 19.1 Å². The SMILES string of the molecule is CCC(=O)c1ccc(-c2ccc(C(C)(C)C)cc2)s1. The average Bonchev–Trinajstić information content (AvgIpc) is 2.86. The highest BCUT2D eigenvalue weighted by Crippen LogP contribution is 2.31. The summed E-state index contributed by atoms with van der Waals surface area (Å²) in [6, 6.07) is 12.6. The van der Waals surface area contributed by atoms with E-state index >= 15 is 0 Å². The van der Waals surface area contributed by atoms with Crippen LogP contribution in [0.2, 0.25) is 0 Å². The summed E-state index contributed by atoms with van der Waals surface area (Å²) >= 11 is 1.58. The molecule has 100 valence electrons. The Kier molecular flexibility index (Phi) is 3.91. The third-order valence-electron chi connectivity index (χ3n) is 3.24. The van der Waals surface area contributed by atoms with Crippen molar-refractivity contribution in [3.05, 3.63) is 46.8 Å². The fourth-order valence-electron chi connectivity index (χ4n) is 1.95. The van der Waals surface area contributed by atoms with Crippen LogP contribution in [0.15, 0.2) is 36.4 Å². The minimum atomic E-state index is 0.178. The molecule has 0 aliphatic rings. The van der Waals surface area contributed by atoms with Crippen molar-refractivity contribution in [3.63, 3.8) is 0 Å². The first-order chi connectivity index (χ1) is 8.91. The Morgan fingerprint density at radius 2 is 1.68 bits per heavy atom.